The first-order chi connectivity index (χ1) is 9.19. The maximum absolute atomic E-state index is 11.9. The molecule has 0 saturated heterocycles. The van der Waals surface area contributed by atoms with E-state index >= 15 is 0 Å². The molecule has 0 bridgehead atoms. The third kappa shape index (κ3) is 5.68. The highest BCUT2D eigenvalue weighted by Gasteiger charge is 2.22. The summed E-state index contributed by atoms with van der Waals surface area (Å²) in [6.45, 7) is 3.70. The van der Waals surface area contributed by atoms with Crippen LogP contribution in [0, 0.1) is 0 Å². The van der Waals surface area contributed by atoms with Crippen molar-refractivity contribution < 1.29 is 14.7 Å². The van der Waals surface area contributed by atoms with Gasteiger partial charge in [0.15, 0.2) is 0 Å². The number of nitrogens with zero attached hydrogens (tertiary/aromatic N) is 1. The number of carbonyl (C=O) groups excluding carboxylic acids is 2. The number of nitrogens with one attached hydrogen (secondary N) is 2. The molecule has 0 saturated carbocycles. The van der Waals surface area contributed by atoms with Crippen LogP contribution in [0.1, 0.15) is 23.5 Å². The van der Waals surface area contributed by atoms with E-state index in [4.69, 9.17) is 0 Å². The molecule has 0 fully saturated rings. The number of rotatable bonds is 6. The molecule has 20 heavy (non-hydrogen) atoms. The van der Waals surface area contributed by atoms with Crippen LogP contribution in [0.3, 0.4) is 0 Å². The van der Waals surface area contributed by atoms with Gasteiger partial charge in [-0.3, -0.25) is 9.59 Å². The van der Waals surface area contributed by atoms with E-state index in [2.05, 4.69) is 10.6 Å². The van der Waals surface area contributed by atoms with E-state index in [0.29, 0.717) is 16.4 Å². The van der Waals surface area contributed by atoms with Crippen LogP contribution in [0.4, 0.5) is 5.00 Å². The van der Waals surface area contributed by atoms with Crippen molar-refractivity contribution in [1.29, 1.82) is 0 Å². The zero-order valence-corrected chi connectivity index (χ0v) is 13.0. The van der Waals surface area contributed by atoms with Gasteiger partial charge in [-0.25, -0.2) is 0 Å². The van der Waals surface area contributed by atoms with Gasteiger partial charge in [-0.05, 0) is 33.2 Å². The summed E-state index contributed by atoms with van der Waals surface area (Å²) >= 11 is 1.20. The van der Waals surface area contributed by atoms with E-state index in [1.165, 1.54) is 18.3 Å². The minimum Gasteiger partial charge on any atom is -0.387 e. The first kappa shape index (κ1) is 16.6. The summed E-state index contributed by atoms with van der Waals surface area (Å²) in [6.07, 6.45) is 0. The lowest BCUT2D eigenvalue weighted by molar-refractivity contribution is -0.114. The molecule has 1 atom stereocenters. The van der Waals surface area contributed by atoms with Crippen molar-refractivity contribution in [2.45, 2.75) is 19.4 Å². The van der Waals surface area contributed by atoms with Crippen molar-refractivity contribution in [2.75, 3.05) is 32.5 Å². The van der Waals surface area contributed by atoms with Crippen molar-refractivity contribution in [1.82, 2.24) is 10.2 Å². The average molecular weight is 299 g/mol. The topological polar surface area (TPSA) is 81.7 Å². The molecule has 1 aromatic rings. The van der Waals surface area contributed by atoms with E-state index in [1.807, 2.05) is 19.0 Å². The summed E-state index contributed by atoms with van der Waals surface area (Å²) in [4.78, 5) is 25.2. The second kappa shape index (κ2) is 6.83. The van der Waals surface area contributed by atoms with Gasteiger partial charge < -0.3 is 20.6 Å². The van der Waals surface area contributed by atoms with Crippen molar-refractivity contribution in [3.63, 3.8) is 0 Å². The molecule has 2 amide bonds. The van der Waals surface area contributed by atoms with Gasteiger partial charge in [0.05, 0.1) is 15.5 Å². The zero-order chi connectivity index (χ0) is 15.3. The molecular weight excluding hydrogens is 278 g/mol. The smallest absolute Gasteiger partial charge is 0.261 e. The summed E-state index contributed by atoms with van der Waals surface area (Å²) < 4.78 is 0. The van der Waals surface area contributed by atoms with E-state index in [9.17, 15) is 14.7 Å². The first-order valence-electron chi connectivity index (χ1n) is 6.22. The summed E-state index contributed by atoms with van der Waals surface area (Å²) in [5.41, 5.74) is -0.989. The predicted molar refractivity (Wildman–Crippen MR) is 80.1 cm³/mol. The molecule has 1 aromatic heterocycles. The third-order valence-electron chi connectivity index (χ3n) is 2.42. The van der Waals surface area contributed by atoms with Gasteiger partial charge in [0.2, 0.25) is 5.91 Å². The molecule has 3 N–H and O–H groups in total. The van der Waals surface area contributed by atoms with Gasteiger partial charge in [-0.15, -0.1) is 11.3 Å². The van der Waals surface area contributed by atoms with Crippen LogP contribution in [0.25, 0.3) is 0 Å². The fraction of sp³-hybridized carbons (Fsp3) is 0.538. The van der Waals surface area contributed by atoms with E-state index in [0.717, 1.165) is 0 Å². The fourth-order valence-electron chi connectivity index (χ4n) is 1.80. The number of carbonyl (C=O) groups is 2. The molecule has 0 aliphatic heterocycles. The molecule has 0 aliphatic rings. The second-order valence-corrected chi connectivity index (χ2v) is 6.35. The van der Waals surface area contributed by atoms with Crippen LogP contribution in [0.2, 0.25) is 0 Å². The van der Waals surface area contributed by atoms with Crippen LogP contribution in [-0.2, 0) is 4.79 Å². The van der Waals surface area contributed by atoms with Crippen LogP contribution in [0.15, 0.2) is 12.1 Å². The Labute approximate surface area is 122 Å². The quantitative estimate of drug-likeness (QED) is 0.724. The lowest BCUT2D eigenvalue weighted by Crippen LogP contribution is -2.47. The maximum atomic E-state index is 11.9. The van der Waals surface area contributed by atoms with Gasteiger partial charge in [-0.1, -0.05) is 0 Å². The SMILES string of the molecule is CC(=O)Nc1ccc(C(=O)NCC(C)(O)CN(C)C)s1. The lowest BCUT2D eigenvalue weighted by Gasteiger charge is -2.26. The molecule has 1 heterocycles. The van der Waals surface area contributed by atoms with Crippen molar-refractivity contribution in [2.24, 2.45) is 0 Å². The van der Waals surface area contributed by atoms with Crippen LogP contribution >= 0.6 is 11.3 Å². The molecule has 0 radical (unpaired) electrons. The highest BCUT2D eigenvalue weighted by molar-refractivity contribution is 7.18. The molecule has 112 valence electrons. The summed E-state index contributed by atoms with van der Waals surface area (Å²) in [7, 11) is 3.71. The zero-order valence-electron chi connectivity index (χ0n) is 12.2. The molecule has 0 spiro atoms. The number of thiophene rings is 1. The number of hydrogen-bond donors (Lipinski definition) is 3. The number of aliphatic hydroxyl groups is 1. The Kier molecular flexibility index (Phi) is 5.67. The summed E-state index contributed by atoms with van der Waals surface area (Å²) in [5.74, 6) is -0.432. The van der Waals surface area contributed by atoms with E-state index in [-0.39, 0.29) is 18.4 Å². The van der Waals surface area contributed by atoms with Gasteiger partial charge in [0, 0.05) is 20.0 Å². The fourth-order valence-corrected chi connectivity index (χ4v) is 2.66. The van der Waals surface area contributed by atoms with Gasteiger partial charge >= 0.3 is 0 Å². The van der Waals surface area contributed by atoms with Crippen molar-refractivity contribution in [3.05, 3.63) is 17.0 Å². The molecule has 0 aliphatic carbocycles. The monoisotopic (exact) mass is 299 g/mol. The van der Waals surface area contributed by atoms with Gasteiger partial charge in [0.25, 0.3) is 5.91 Å². The minimum absolute atomic E-state index is 0.164. The van der Waals surface area contributed by atoms with Gasteiger partial charge in [-0.2, -0.15) is 0 Å². The maximum Gasteiger partial charge on any atom is 0.261 e. The Bertz CT molecular complexity index is 483. The standard InChI is InChI=1S/C13H21N3O3S/c1-9(17)15-11-6-5-10(20-11)12(18)14-7-13(2,19)8-16(3)4/h5-6,19H,7-8H2,1-4H3,(H,14,18)(H,15,17). The Hall–Kier alpha value is -1.44. The Morgan fingerprint density at radius 2 is 2.05 bits per heavy atom. The molecule has 6 nitrogen and oxygen atoms in total. The number of hydrogen-bond acceptors (Lipinski definition) is 5. The Balaban J connectivity index is 2.54. The lowest BCUT2D eigenvalue weighted by atomic mass is 10.1. The van der Waals surface area contributed by atoms with E-state index in [1.54, 1.807) is 19.1 Å². The highest BCUT2D eigenvalue weighted by Crippen LogP contribution is 2.21. The predicted octanol–water partition coefficient (Wildman–Crippen LogP) is 0.749. The highest BCUT2D eigenvalue weighted by atomic mass is 32.1. The van der Waals surface area contributed by atoms with Crippen LogP contribution < -0.4 is 10.6 Å². The van der Waals surface area contributed by atoms with Crippen molar-refractivity contribution >= 4 is 28.2 Å². The average Bonchev–Trinajstić information content (AvgIpc) is 2.71. The molecule has 1 unspecified atom stereocenters. The number of amides is 2. The summed E-state index contributed by atoms with van der Waals surface area (Å²) in [6, 6.07) is 3.32. The van der Waals surface area contributed by atoms with Crippen LogP contribution in [-0.4, -0.2) is 54.6 Å². The first-order valence-corrected chi connectivity index (χ1v) is 7.04. The second-order valence-electron chi connectivity index (χ2n) is 5.26. The molecule has 1 rings (SSSR count). The number of anilines is 1. The Morgan fingerprint density at radius 3 is 2.60 bits per heavy atom. The summed E-state index contributed by atoms with van der Waals surface area (Å²) in [5, 5.41) is 16.0. The molecule has 7 heteroatoms. The van der Waals surface area contributed by atoms with Crippen molar-refractivity contribution in [3.8, 4) is 0 Å². The Morgan fingerprint density at radius 1 is 1.40 bits per heavy atom. The van der Waals surface area contributed by atoms with Crippen LogP contribution in [0.5, 0.6) is 0 Å². The largest absolute Gasteiger partial charge is 0.387 e. The molecular formula is C13H21N3O3S. The normalized spacial score (nSPS) is 13.9. The minimum atomic E-state index is -0.989. The van der Waals surface area contributed by atoms with E-state index < -0.39 is 5.60 Å². The van der Waals surface area contributed by atoms with Gasteiger partial charge in [0.1, 0.15) is 0 Å². The third-order valence-corrected chi connectivity index (χ3v) is 3.42. The molecule has 0 aromatic carbocycles. The number of likely N-dealkylation sites (N-methyl/N-ethyl adjacent to an activating group) is 1.